The van der Waals surface area contributed by atoms with Crippen LogP contribution in [-0.4, -0.2) is 30.1 Å². The molecule has 0 bridgehead atoms. The fourth-order valence-electron chi connectivity index (χ4n) is 3.36. The molecule has 3 aromatic rings. The Morgan fingerprint density at radius 2 is 2.00 bits per heavy atom. The highest BCUT2D eigenvalue weighted by molar-refractivity contribution is 7.18. The average molecular weight is 410 g/mol. The van der Waals surface area contributed by atoms with E-state index in [0.29, 0.717) is 19.4 Å². The first-order valence-electron chi connectivity index (χ1n) is 9.70. The van der Waals surface area contributed by atoms with Crippen LogP contribution in [0.3, 0.4) is 0 Å². The van der Waals surface area contributed by atoms with Crippen molar-refractivity contribution in [3.05, 3.63) is 59.1 Å². The maximum Gasteiger partial charge on any atom is 0.306 e. The molecule has 1 aliphatic heterocycles. The summed E-state index contributed by atoms with van der Waals surface area (Å²) in [5, 5.41) is 3.93. The lowest BCUT2D eigenvalue weighted by molar-refractivity contribution is -0.148. The number of nitrogens with zero attached hydrogens (tertiary/aromatic N) is 1. The van der Waals surface area contributed by atoms with Gasteiger partial charge in [0.2, 0.25) is 0 Å². The van der Waals surface area contributed by atoms with Crippen LogP contribution in [0.1, 0.15) is 35.9 Å². The van der Waals surface area contributed by atoms with Crippen LogP contribution in [0, 0.1) is 0 Å². The van der Waals surface area contributed by atoms with Crippen molar-refractivity contribution >= 4 is 33.4 Å². The van der Waals surface area contributed by atoms with Crippen LogP contribution in [0.2, 0.25) is 0 Å². The van der Waals surface area contributed by atoms with Gasteiger partial charge in [-0.15, -0.1) is 11.3 Å². The second kappa shape index (κ2) is 9.05. The third-order valence-electron chi connectivity index (χ3n) is 4.77. The number of carbonyl (C=O) groups excluding carboxylic acids is 2. The first-order chi connectivity index (χ1) is 14.2. The first kappa shape index (κ1) is 19.4. The fourth-order valence-corrected chi connectivity index (χ4v) is 4.37. The predicted molar refractivity (Wildman–Crippen MR) is 111 cm³/mol. The SMILES string of the molecule is O=C(COC(=O)CCCc1nc2ccccc2s1)NC1CCOc2ccccc21. The number of rotatable bonds is 7. The van der Waals surface area contributed by atoms with Gasteiger partial charge in [0.25, 0.3) is 5.91 Å². The Hall–Kier alpha value is -2.93. The van der Waals surface area contributed by atoms with Crippen LogP contribution < -0.4 is 10.1 Å². The minimum Gasteiger partial charge on any atom is -0.493 e. The number of benzene rings is 2. The summed E-state index contributed by atoms with van der Waals surface area (Å²) < 4.78 is 11.9. The molecule has 0 saturated heterocycles. The molecule has 150 valence electrons. The standard InChI is InChI=1S/C22H22N2O4S/c25-20(23-16-12-13-27-18-8-3-1-6-15(16)18)14-28-22(26)11-5-10-21-24-17-7-2-4-9-19(17)29-21/h1-4,6-9,16H,5,10-14H2,(H,23,25). The van der Waals surface area contributed by atoms with E-state index in [0.717, 1.165) is 33.0 Å². The molecular weight excluding hydrogens is 388 g/mol. The predicted octanol–water partition coefficient (Wildman–Crippen LogP) is 3.80. The second-order valence-corrected chi connectivity index (χ2v) is 8.00. The Kier molecular flexibility index (Phi) is 6.05. The van der Waals surface area contributed by atoms with E-state index >= 15 is 0 Å². The number of esters is 1. The highest BCUT2D eigenvalue weighted by Crippen LogP contribution is 2.31. The van der Waals surface area contributed by atoms with E-state index in [1.165, 1.54) is 0 Å². The van der Waals surface area contributed by atoms with E-state index in [-0.39, 0.29) is 30.9 Å². The number of aryl methyl sites for hydroxylation is 1. The molecule has 0 spiro atoms. The zero-order valence-electron chi connectivity index (χ0n) is 15.9. The molecule has 0 aliphatic carbocycles. The van der Waals surface area contributed by atoms with Gasteiger partial charge in [-0.05, 0) is 31.0 Å². The minimum atomic E-state index is -0.367. The highest BCUT2D eigenvalue weighted by atomic mass is 32.1. The van der Waals surface area contributed by atoms with Gasteiger partial charge in [0.15, 0.2) is 6.61 Å². The second-order valence-electron chi connectivity index (χ2n) is 6.88. The lowest BCUT2D eigenvalue weighted by atomic mass is 10.0. The molecular formula is C22H22N2O4S. The van der Waals surface area contributed by atoms with Crippen LogP contribution in [0.25, 0.3) is 10.2 Å². The van der Waals surface area contributed by atoms with Gasteiger partial charge < -0.3 is 14.8 Å². The third-order valence-corrected chi connectivity index (χ3v) is 5.86. The molecule has 1 aromatic heterocycles. The van der Waals surface area contributed by atoms with Gasteiger partial charge in [0.05, 0.1) is 27.9 Å². The Labute approximate surface area is 172 Å². The number of para-hydroxylation sites is 2. The van der Waals surface area contributed by atoms with E-state index in [4.69, 9.17) is 9.47 Å². The van der Waals surface area contributed by atoms with Crippen molar-refractivity contribution in [1.29, 1.82) is 0 Å². The molecule has 29 heavy (non-hydrogen) atoms. The smallest absolute Gasteiger partial charge is 0.306 e. The summed E-state index contributed by atoms with van der Waals surface area (Å²) in [6, 6.07) is 15.5. The number of nitrogens with one attached hydrogen (secondary N) is 1. The molecule has 2 heterocycles. The molecule has 0 fully saturated rings. The summed E-state index contributed by atoms with van der Waals surface area (Å²) in [5.74, 6) is 0.121. The number of ether oxygens (including phenoxy) is 2. The van der Waals surface area contributed by atoms with Crippen LogP contribution in [-0.2, 0) is 20.7 Å². The minimum absolute atomic E-state index is 0.120. The van der Waals surface area contributed by atoms with Gasteiger partial charge in [0, 0.05) is 18.4 Å². The Balaban J connectivity index is 1.19. The van der Waals surface area contributed by atoms with Crippen LogP contribution >= 0.6 is 11.3 Å². The molecule has 1 unspecified atom stereocenters. The zero-order chi connectivity index (χ0) is 20.1. The number of hydrogen-bond acceptors (Lipinski definition) is 6. The summed E-state index contributed by atoms with van der Waals surface area (Å²) >= 11 is 1.64. The number of amides is 1. The van der Waals surface area contributed by atoms with E-state index in [1.54, 1.807) is 11.3 Å². The summed E-state index contributed by atoms with van der Waals surface area (Å²) in [5.41, 5.74) is 1.94. The van der Waals surface area contributed by atoms with E-state index in [9.17, 15) is 9.59 Å². The summed E-state index contributed by atoms with van der Waals surface area (Å²) in [6.45, 7) is 0.285. The van der Waals surface area contributed by atoms with Crippen molar-refractivity contribution in [2.75, 3.05) is 13.2 Å². The van der Waals surface area contributed by atoms with Gasteiger partial charge in [-0.2, -0.15) is 0 Å². The van der Waals surface area contributed by atoms with E-state index in [1.807, 2.05) is 48.5 Å². The molecule has 1 atom stereocenters. The average Bonchev–Trinajstić information content (AvgIpc) is 3.15. The largest absolute Gasteiger partial charge is 0.493 e. The summed E-state index contributed by atoms with van der Waals surface area (Å²) in [6.07, 6.45) is 2.33. The van der Waals surface area contributed by atoms with Gasteiger partial charge in [0.1, 0.15) is 5.75 Å². The molecule has 0 saturated carbocycles. The number of carbonyl (C=O) groups is 2. The van der Waals surface area contributed by atoms with Crippen LogP contribution in [0.15, 0.2) is 48.5 Å². The van der Waals surface area contributed by atoms with Gasteiger partial charge in [-0.25, -0.2) is 4.98 Å². The normalized spacial score (nSPS) is 15.4. The molecule has 7 heteroatoms. The lowest BCUT2D eigenvalue weighted by Crippen LogP contribution is -2.35. The molecule has 2 aromatic carbocycles. The van der Waals surface area contributed by atoms with Crippen LogP contribution in [0.4, 0.5) is 0 Å². The van der Waals surface area contributed by atoms with Crippen LogP contribution in [0.5, 0.6) is 5.75 Å². The lowest BCUT2D eigenvalue weighted by Gasteiger charge is -2.26. The monoisotopic (exact) mass is 410 g/mol. The maximum atomic E-state index is 12.2. The fraction of sp³-hybridized carbons (Fsp3) is 0.318. The molecule has 1 amide bonds. The Bertz CT molecular complexity index is 984. The van der Waals surface area contributed by atoms with E-state index < -0.39 is 0 Å². The number of aromatic nitrogens is 1. The van der Waals surface area contributed by atoms with Crippen molar-refractivity contribution in [2.45, 2.75) is 31.7 Å². The van der Waals surface area contributed by atoms with Crippen molar-refractivity contribution in [3.63, 3.8) is 0 Å². The van der Waals surface area contributed by atoms with Crippen molar-refractivity contribution in [1.82, 2.24) is 10.3 Å². The van der Waals surface area contributed by atoms with Crippen molar-refractivity contribution in [2.24, 2.45) is 0 Å². The number of thiazole rings is 1. The van der Waals surface area contributed by atoms with Gasteiger partial charge in [-0.3, -0.25) is 9.59 Å². The quantitative estimate of drug-likeness (QED) is 0.600. The van der Waals surface area contributed by atoms with Gasteiger partial charge in [-0.1, -0.05) is 30.3 Å². The third kappa shape index (κ3) is 4.92. The number of fused-ring (bicyclic) bond motifs is 2. The highest BCUT2D eigenvalue weighted by Gasteiger charge is 2.22. The topological polar surface area (TPSA) is 77.5 Å². The number of hydrogen-bond donors (Lipinski definition) is 1. The zero-order valence-corrected chi connectivity index (χ0v) is 16.7. The van der Waals surface area contributed by atoms with Crippen molar-refractivity contribution < 1.29 is 19.1 Å². The molecule has 0 radical (unpaired) electrons. The Morgan fingerprint density at radius 1 is 1.17 bits per heavy atom. The summed E-state index contributed by atoms with van der Waals surface area (Å²) in [4.78, 5) is 28.7. The molecule has 1 aliphatic rings. The molecule has 4 rings (SSSR count). The molecule has 6 nitrogen and oxygen atoms in total. The van der Waals surface area contributed by atoms with Crippen molar-refractivity contribution in [3.8, 4) is 5.75 Å². The first-order valence-corrected chi connectivity index (χ1v) is 10.5. The van der Waals surface area contributed by atoms with Gasteiger partial charge >= 0.3 is 5.97 Å². The maximum absolute atomic E-state index is 12.2. The van der Waals surface area contributed by atoms with E-state index in [2.05, 4.69) is 10.3 Å². The Morgan fingerprint density at radius 3 is 2.90 bits per heavy atom. The summed E-state index contributed by atoms with van der Waals surface area (Å²) in [7, 11) is 0. The molecule has 1 N–H and O–H groups in total.